The van der Waals surface area contributed by atoms with E-state index < -0.39 is 23.5 Å². The van der Waals surface area contributed by atoms with Crippen molar-refractivity contribution in [3.05, 3.63) is 16.1 Å². The first-order chi connectivity index (χ1) is 10.6. The molecule has 8 heteroatoms. The Balaban J connectivity index is 2.10. The quantitative estimate of drug-likeness (QED) is 0.872. The molecule has 1 saturated carbocycles. The van der Waals surface area contributed by atoms with Crippen molar-refractivity contribution in [3.8, 4) is 0 Å². The second kappa shape index (κ2) is 6.76. The molecule has 4 nitrogen and oxygen atoms in total. The van der Waals surface area contributed by atoms with Crippen LogP contribution in [0.4, 0.5) is 13.2 Å². The molecule has 2 rings (SSSR count). The lowest BCUT2D eigenvalue weighted by Crippen LogP contribution is -2.53. The maximum absolute atomic E-state index is 12.7. The van der Waals surface area contributed by atoms with Crippen LogP contribution in [-0.4, -0.2) is 16.4 Å². The number of hydrogen-bond donors (Lipinski definition) is 2. The van der Waals surface area contributed by atoms with E-state index in [1.165, 1.54) is 0 Å². The van der Waals surface area contributed by atoms with Gasteiger partial charge in [0.1, 0.15) is 5.01 Å². The number of amides is 1. The SMILES string of the molecule is CCC(NC(=O)C1CCCCC1(C)N)c1nc(C(F)(F)F)cs1. The number of carbonyl (C=O) groups is 1. The zero-order chi connectivity index (χ0) is 17.3. The normalized spacial score (nSPS) is 26.8. The minimum atomic E-state index is -4.46. The minimum Gasteiger partial charge on any atom is -0.347 e. The Morgan fingerprint density at radius 3 is 2.78 bits per heavy atom. The van der Waals surface area contributed by atoms with Gasteiger partial charge < -0.3 is 11.1 Å². The molecule has 3 N–H and O–H groups in total. The molecule has 1 heterocycles. The number of nitrogens with two attached hydrogens (primary N) is 1. The van der Waals surface area contributed by atoms with Crippen LogP contribution in [0.2, 0.25) is 0 Å². The van der Waals surface area contributed by atoms with Crippen molar-refractivity contribution in [2.45, 2.75) is 63.7 Å². The average Bonchev–Trinajstić information content (AvgIpc) is 2.93. The van der Waals surface area contributed by atoms with Crippen LogP contribution in [-0.2, 0) is 11.0 Å². The Labute approximate surface area is 137 Å². The van der Waals surface area contributed by atoms with Crippen molar-refractivity contribution in [1.29, 1.82) is 0 Å². The van der Waals surface area contributed by atoms with E-state index >= 15 is 0 Å². The zero-order valence-electron chi connectivity index (χ0n) is 13.2. The van der Waals surface area contributed by atoms with Crippen LogP contribution in [0.5, 0.6) is 0 Å². The van der Waals surface area contributed by atoms with Crippen LogP contribution < -0.4 is 11.1 Å². The number of nitrogens with zero attached hydrogens (tertiary/aromatic N) is 1. The molecular formula is C15H22F3N3OS. The van der Waals surface area contributed by atoms with Gasteiger partial charge in [-0.2, -0.15) is 13.2 Å². The van der Waals surface area contributed by atoms with E-state index in [-0.39, 0.29) is 16.8 Å². The smallest absolute Gasteiger partial charge is 0.347 e. The van der Waals surface area contributed by atoms with Gasteiger partial charge in [0.25, 0.3) is 0 Å². The van der Waals surface area contributed by atoms with Crippen LogP contribution in [0.3, 0.4) is 0 Å². The van der Waals surface area contributed by atoms with Gasteiger partial charge in [0.15, 0.2) is 5.69 Å². The lowest BCUT2D eigenvalue weighted by molar-refractivity contribution is -0.140. The third kappa shape index (κ3) is 4.23. The number of hydrogen-bond acceptors (Lipinski definition) is 4. The summed E-state index contributed by atoms with van der Waals surface area (Å²) in [6, 6.07) is -0.513. The van der Waals surface area contributed by atoms with Gasteiger partial charge in [-0.05, 0) is 26.2 Å². The second-order valence-electron chi connectivity index (χ2n) is 6.34. The van der Waals surface area contributed by atoms with Crippen molar-refractivity contribution in [1.82, 2.24) is 10.3 Å². The van der Waals surface area contributed by atoms with Gasteiger partial charge in [-0.25, -0.2) is 4.98 Å². The molecule has 23 heavy (non-hydrogen) atoms. The molecule has 0 saturated heterocycles. The summed E-state index contributed by atoms with van der Waals surface area (Å²) in [4.78, 5) is 16.2. The number of halogens is 3. The highest BCUT2D eigenvalue weighted by atomic mass is 32.1. The molecule has 0 spiro atoms. The molecule has 0 aliphatic heterocycles. The van der Waals surface area contributed by atoms with E-state index in [1.807, 2.05) is 13.8 Å². The first-order valence-corrected chi connectivity index (χ1v) is 8.65. The third-order valence-corrected chi connectivity index (χ3v) is 5.36. The third-order valence-electron chi connectivity index (χ3n) is 4.41. The van der Waals surface area contributed by atoms with Crippen molar-refractivity contribution < 1.29 is 18.0 Å². The molecule has 130 valence electrons. The van der Waals surface area contributed by atoms with E-state index in [1.54, 1.807) is 0 Å². The number of thiazole rings is 1. The van der Waals surface area contributed by atoms with Crippen LogP contribution in [0.1, 0.15) is 62.7 Å². The number of carbonyl (C=O) groups excluding carboxylic acids is 1. The molecule has 0 radical (unpaired) electrons. The predicted octanol–water partition coefficient (Wildman–Crippen LogP) is 3.64. The molecule has 3 unspecified atom stereocenters. The van der Waals surface area contributed by atoms with Gasteiger partial charge in [-0.15, -0.1) is 11.3 Å². The summed E-state index contributed by atoms with van der Waals surface area (Å²) >= 11 is 0.921. The molecule has 3 atom stereocenters. The molecule has 1 aliphatic rings. The number of alkyl halides is 3. The molecular weight excluding hydrogens is 327 g/mol. The Morgan fingerprint density at radius 1 is 1.57 bits per heavy atom. The number of nitrogens with one attached hydrogen (secondary N) is 1. The summed E-state index contributed by atoms with van der Waals surface area (Å²) < 4.78 is 38.0. The number of rotatable bonds is 4. The summed E-state index contributed by atoms with van der Waals surface area (Å²) in [5, 5.41) is 4.10. The summed E-state index contributed by atoms with van der Waals surface area (Å²) in [6.45, 7) is 3.67. The molecule has 0 bridgehead atoms. The van der Waals surface area contributed by atoms with Crippen molar-refractivity contribution in [2.24, 2.45) is 11.7 Å². The van der Waals surface area contributed by atoms with Crippen LogP contribution in [0.25, 0.3) is 0 Å². The topological polar surface area (TPSA) is 68.0 Å². The molecule has 1 aromatic heterocycles. The molecule has 1 aromatic rings. The van der Waals surface area contributed by atoms with E-state index in [2.05, 4.69) is 10.3 Å². The Bertz CT molecular complexity index is 556. The van der Waals surface area contributed by atoms with Crippen molar-refractivity contribution in [3.63, 3.8) is 0 Å². The maximum Gasteiger partial charge on any atom is 0.434 e. The lowest BCUT2D eigenvalue weighted by Gasteiger charge is -2.37. The molecule has 1 fully saturated rings. The lowest BCUT2D eigenvalue weighted by atomic mass is 9.74. The zero-order valence-corrected chi connectivity index (χ0v) is 14.1. The highest BCUT2D eigenvalue weighted by molar-refractivity contribution is 7.09. The van der Waals surface area contributed by atoms with Crippen LogP contribution in [0.15, 0.2) is 5.38 Å². The van der Waals surface area contributed by atoms with Crippen molar-refractivity contribution in [2.75, 3.05) is 0 Å². The Kier molecular flexibility index (Phi) is 5.35. The van der Waals surface area contributed by atoms with Gasteiger partial charge >= 0.3 is 6.18 Å². The Morgan fingerprint density at radius 2 is 2.26 bits per heavy atom. The van der Waals surface area contributed by atoms with Crippen LogP contribution >= 0.6 is 11.3 Å². The van der Waals surface area contributed by atoms with Gasteiger partial charge in [0.2, 0.25) is 5.91 Å². The van der Waals surface area contributed by atoms with E-state index in [9.17, 15) is 18.0 Å². The minimum absolute atomic E-state index is 0.190. The largest absolute Gasteiger partial charge is 0.434 e. The van der Waals surface area contributed by atoms with Gasteiger partial charge in [-0.3, -0.25) is 4.79 Å². The van der Waals surface area contributed by atoms with E-state index in [4.69, 9.17) is 5.73 Å². The average molecular weight is 349 g/mol. The van der Waals surface area contributed by atoms with Gasteiger partial charge in [-0.1, -0.05) is 19.8 Å². The fraction of sp³-hybridized carbons (Fsp3) is 0.733. The first-order valence-electron chi connectivity index (χ1n) is 7.77. The Hall–Kier alpha value is -1.15. The maximum atomic E-state index is 12.7. The van der Waals surface area contributed by atoms with Crippen LogP contribution in [0, 0.1) is 5.92 Å². The van der Waals surface area contributed by atoms with Gasteiger partial charge in [0.05, 0.1) is 12.0 Å². The van der Waals surface area contributed by atoms with Gasteiger partial charge in [0, 0.05) is 10.9 Å². The van der Waals surface area contributed by atoms with E-state index in [0.717, 1.165) is 36.0 Å². The highest BCUT2D eigenvalue weighted by Gasteiger charge is 2.39. The molecule has 1 aliphatic carbocycles. The fourth-order valence-electron chi connectivity index (χ4n) is 2.98. The standard InChI is InChI=1S/C15H22F3N3OS/c1-3-10(13-21-11(8-23-13)15(16,17)18)20-12(22)9-6-4-5-7-14(9,2)19/h8-10H,3-7,19H2,1-2H3,(H,20,22). The van der Waals surface area contributed by atoms with Crippen molar-refractivity contribution >= 4 is 17.2 Å². The fourth-order valence-corrected chi connectivity index (χ4v) is 3.94. The molecule has 1 amide bonds. The predicted molar refractivity (Wildman–Crippen MR) is 82.8 cm³/mol. The van der Waals surface area contributed by atoms with E-state index in [0.29, 0.717) is 12.8 Å². The monoisotopic (exact) mass is 349 g/mol. The summed E-state index contributed by atoms with van der Waals surface area (Å²) in [5.41, 5.74) is 4.74. The first kappa shape index (κ1) is 18.2. The molecule has 0 aromatic carbocycles. The summed E-state index contributed by atoms with van der Waals surface area (Å²) in [5.74, 6) is -0.502. The second-order valence-corrected chi connectivity index (χ2v) is 7.23. The summed E-state index contributed by atoms with van der Waals surface area (Å²) in [7, 11) is 0. The highest BCUT2D eigenvalue weighted by Crippen LogP contribution is 2.34. The number of aromatic nitrogens is 1. The summed E-state index contributed by atoms with van der Waals surface area (Å²) in [6.07, 6.45) is -0.564.